The number of aryl methyl sites for hydroxylation is 3. The molecule has 142 valence electrons. The molecule has 5 rings (SSSR count). The molecule has 3 heterocycles. The van der Waals surface area contributed by atoms with Crippen molar-refractivity contribution in [2.45, 2.75) is 20.8 Å². The van der Waals surface area contributed by atoms with Gasteiger partial charge in [0.05, 0.1) is 33.6 Å². The topological polar surface area (TPSA) is 68.1 Å². The summed E-state index contributed by atoms with van der Waals surface area (Å²) >= 11 is 0. The van der Waals surface area contributed by atoms with Crippen molar-refractivity contribution in [3.63, 3.8) is 0 Å². The molecular weight excluding hydrogens is 364 g/mol. The lowest BCUT2D eigenvalue weighted by Gasteiger charge is -2.16. The van der Waals surface area contributed by atoms with Crippen LogP contribution in [0, 0.1) is 20.8 Å². The van der Waals surface area contributed by atoms with Gasteiger partial charge in [-0.15, -0.1) is 0 Å². The molecule has 0 radical (unpaired) electrons. The molecule has 0 saturated carbocycles. The van der Waals surface area contributed by atoms with Crippen LogP contribution in [0.15, 0.2) is 54.7 Å². The second-order valence-corrected chi connectivity index (χ2v) is 7.31. The van der Waals surface area contributed by atoms with Crippen LogP contribution in [0.4, 0.5) is 5.69 Å². The van der Waals surface area contributed by atoms with E-state index in [4.69, 9.17) is 0 Å². The molecule has 0 N–H and O–H groups in total. The van der Waals surface area contributed by atoms with E-state index in [1.54, 1.807) is 10.7 Å². The molecule has 29 heavy (non-hydrogen) atoms. The SMILES string of the molecule is Cc1cccc(-n2nc(C)c3c4c(cnc32)C(=O)N(c2ccccc2C)C4=O)c1. The van der Waals surface area contributed by atoms with Crippen LogP contribution in [0.5, 0.6) is 0 Å². The highest BCUT2D eigenvalue weighted by Gasteiger charge is 2.40. The van der Waals surface area contributed by atoms with Gasteiger partial charge >= 0.3 is 0 Å². The highest BCUT2D eigenvalue weighted by atomic mass is 16.2. The van der Waals surface area contributed by atoms with Crippen molar-refractivity contribution in [2.75, 3.05) is 4.90 Å². The number of carbonyl (C=O) groups excluding carboxylic acids is 2. The summed E-state index contributed by atoms with van der Waals surface area (Å²) < 4.78 is 1.73. The van der Waals surface area contributed by atoms with Crippen LogP contribution >= 0.6 is 0 Å². The lowest BCUT2D eigenvalue weighted by atomic mass is 10.1. The molecule has 1 aliphatic heterocycles. The molecule has 0 bridgehead atoms. The molecule has 0 spiro atoms. The molecule has 4 aromatic rings. The van der Waals surface area contributed by atoms with Crippen LogP contribution < -0.4 is 4.90 Å². The van der Waals surface area contributed by atoms with E-state index in [9.17, 15) is 9.59 Å². The van der Waals surface area contributed by atoms with E-state index >= 15 is 0 Å². The Morgan fingerprint density at radius 2 is 1.69 bits per heavy atom. The fourth-order valence-corrected chi connectivity index (χ4v) is 3.93. The van der Waals surface area contributed by atoms with Crippen LogP contribution in [0.1, 0.15) is 37.5 Å². The van der Waals surface area contributed by atoms with Crippen LogP contribution in [0.2, 0.25) is 0 Å². The van der Waals surface area contributed by atoms with Crippen molar-refractivity contribution in [3.8, 4) is 5.69 Å². The van der Waals surface area contributed by atoms with Crippen molar-refractivity contribution in [3.05, 3.63) is 82.7 Å². The molecule has 2 amide bonds. The number of para-hydroxylation sites is 1. The first-order valence-corrected chi connectivity index (χ1v) is 9.37. The average Bonchev–Trinajstić information content (AvgIpc) is 3.17. The van der Waals surface area contributed by atoms with Gasteiger partial charge in [-0.1, -0.05) is 30.3 Å². The molecule has 2 aromatic heterocycles. The number of hydrogen-bond acceptors (Lipinski definition) is 4. The molecule has 6 nitrogen and oxygen atoms in total. The highest BCUT2D eigenvalue weighted by molar-refractivity contribution is 6.37. The van der Waals surface area contributed by atoms with Crippen LogP contribution in [0.3, 0.4) is 0 Å². The Morgan fingerprint density at radius 1 is 0.897 bits per heavy atom. The average molecular weight is 382 g/mol. The van der Waals surface area contributed by atoms with Crippen molar-refractivity contribution < 1.29 is 9.59 Å². The number of imide groups is 1. The number of carbonyl (C=O) groups is 2. The minimum atomic E-state index is -0.351. The fraction of sp³-hybridized carbons (Fsp3) is 0.130. The predicted molar refractivity (Wildman–Crippen MR) is 111 cm³/mol. The summed E-state index contributed by atoms with van der Waals surface area (Å²) in [5.74, 6) is -0.685. The number of amides is 2. The summed E-state index contributed by atoms with van der Waals surface area (Å²) in [7, 11) is 0. The van der Waals surface area contributed by atoms with Gasteiger partial charge in [-0.3, -0.25) is 9.59 Å². The van der Waals surface area contributed by atoms with Gasteiger partial charge in [0.1, 0.15) is 0 Å². The third kappa shape index (κ3) is 2.42. The van der Waals surface area contributed by atoms with Gasteiger partial charge < -0.3 is 0 Å². The molecule has 0 aliphatic carbocycles. The number of anilines is 1. The smallest absolute Gasteiger partial charge is 0.267 e. The van der Waals surface area contributed by atoms with Gasteiger partial charge in [0.15, 0.2) is 5.65 Å². The van der Waals surface area contributed by atoms with Crippen LogP contribution in [-0.2, 0) is 0 Å². The summed E-state index contributed by atoms with van der Waals surface area (Å²) in [6.45, 7) is 5.73. The van der Waals surface area contributed by atoms with Crippen molar-refractivity contribution in [1.29, 1.82) is 0 Å². The molecule has 1 aliphatic rings. The normalized spacial score (nSPS) is 13.4. The number of benzene rings is 2. The Morgan fingerprint density at radius 3 is 2.45 bits per heavy atom. The number of rotatable bonds is 2. The summed E-state index contributed by atoms with van der Waals surface area (Å²) in [5, 5.41) is 5.25. The minimum Gasteiger partial charge on any atom is -0.268 e. The first-order valence-electron chi connectivity index (χ1n) is 9.37. The number of aromatic nitrogens is 3. The zero-order valence-electron chi connectivity index (χ0n) is 16.3. The maximum Gasteiger partial charge on any atom is 0.267 e. The Kier molecular flexibility index (Phi) is 3.64. The maximum absolute atomic E-state index is 13.4. The van der Waals surface area contributed by atoms with Crippen molar-refractivity contribution in [2.24, 2.45) is 0 Å². The summed E-state index contributed by atoms with van der Waals surface area (Å²) in [4.78, 5) is 32.2. The molecule has 6 heteroatoms. The van der Waals surface area contributed by atoms with Crippen molar-refractivity contribution in [1.82, 2.24) is 14.8 Å². The van der Waals surface area contributed by atoms with E-state index in [0.717, 1.165) is 16.8 Å². The van der Waals surface area contributed by atoms with Gasteiger partial charge in [0, 0.05) is 6.20 Å². The van der Waals surface area contributed by atoms with Crippen LogP contribution in [-0.4, -0.2) is 26.6 Å². The van der Waals surface area contributed by atoms with Gasteiger partial charge in [-0.05, 0) is 50.1 Å². The summed E-state index contributed by atoms with van der Waals surface area (Å²) in [5.41, 5.74) is 5.34. The summed E-state index contributed by atoms with van der Waals surface area (Å²) in [6.07, 6.45) is 1.49. The zero-order valence-corrected chi connectivity index (χ0v) is 16.3. The number of hydrogen-bond donors (Lipinski definition) is 0. The standard InChI is InChI=1S/C23H18N4O2/c1-13-7-6-9-16(11-13)27-21-19(15(3)25-27)20-17(12-24-21)22(28)26(23(20)29)18-10-5-4-8-14(18)2/h4-12H,1-3H3. The quantitative estimate of drug-likeness (QED) is 0.489. The third-order valence-corrected chi connectivity index (χ3v) is 5.32. The van der Waals surface area contributed by atoms with Crippen LogP contribution in [0.25, 0.3) is 16.7 Å². The largest absolute Gasteiger partial charge is 0.268 e. The molecule has 2 aromatic carbocycles. The molecule has 0 saturated heterocycles. The minimum absolute atomic E-state index is 0.317. The highest BCUT2D eigenvalue weighted by Crippen LogP contribution is 2.35. The van der Waals surface area contributed by atoms with Gasteiger partial charge in [-0.25, -0.2) is 14.6 Å². The Labute approximate surface area is 167 Å². The number of nitrogens with zero attached hydrogens (tertiary/aromatic N) is 4. The molecule has 0 fully saturated rings. The first-order chi connectivity index (χ1) is 14.0. The third-order valence-electron chi connectivity index (χ3n) is 5.32. The summed E-state index contributed by atoms with van der Waals surface area (Å²) in [6, 6.07) is 15.3. The van der Waals surface area contributed by atoms with E-state index in [1.165, 1.54) is 11.1 Å². The van der Waals surface area contributed by atoms with Gasteiger partial charge in [0.2, 0.25) is 0 Å². The second kappa shape index (κ2) is 6.10. The number of pyridine rings is 1. The van der Waals surface area contributed by atoms with E-state index in [-0.39, 0.29) is 11.8 Å². The molecular formula is C23H18N4O2. The fourth-order valence-electron chi connectivity index (χ4n) is 3.93. The Hall–Kier alpha value is -3.80. The monoisotopic (exact) mass is 382 g/mol. The molecule has 0 atom stereocenters. The molecule has 0 unspecified atom stereocenters. The van der Waals surface area contributed by atoms with E-state index in [0.29, 0.717) is 33.5 Å². The van der Waals surface area contributed by atoms with Gasteiger partial charge in [0.25, 0.3) is 11.8 Å². The van der Waals surface area contributed by atoms with E-state index < -0.39 is 0 Å². The second-order valence-electron chi connectivity index (χ2n) is 7.31. The lowest BCUT2D eigenvalue weighted by Crippen LogP contribution is -2.30. The van der Waals surface area contributed by atoms with Gasteiger partial charge in [-0.2, -0.15) is 5.10 Å². The number of fused-ring (bicyclic) bond motifs is 3. The Balaban J connectivity index is 1.74. The van der Waals surface area contributed by atoms with Crippen molar-refractivity contribution >= 4 is 28.5 Å². The Bertz CT molecular complexity index is 1340. The maximum atomic E-state index is 13.4. The van der Waals surface area contributed by atoms with E-state index in [1.807, 2.05) is 63.2 Å². The van der Waals surface area contributed by atoms with E-state index in [2.05, 4.69) is 10.1 Å². The first kappa shape index (κ1) is 17.3. The predicted octanol–water partition coefficient (Wildman–Crippen LogP) is 4.15. The lowest BCUT2D eigenvalue weighted by molar-refractivity contribution is 0.0926. The zero-order chi connectivity index (χ0) is 20.3.